The molecule has 0 unspecified atom stereocenters. The fourth-order valence-corrected chi connectivity index (χ4v) is 3.92. The van der Waals surface area contributed by atoms with Gasteiger partial charge >= 0.3 is 0 Å². The van der Waals surface area contributed by atoms with Crippen LogP contribution >= 0.6 is 24.0 Å². The van der Waals surface area contributed by atoms with Crippen LogP contribution in [0.5, 0.6) is 0 Å². The quantitative estimate of drug-likeness (QED) is 0.211. The molecule has 2 N–H and O–H groups in total. The van der Waals surface area contributed by atoms with Crippen molar-refractivity contribution in [3.8, 4) is 0 Å². The summed E-state index contributed by atoms with van der Waals surface area (Å²) in [6.07, 6.45) is 2.75. The number of carbonyl (C=O) groups is 1. The van der Waals surface area contributed by atoms with E-state index in [1.165, 1.54) is 11.1 Å². The van der Waals surface area contributed by atoms with Crippen molar-refractivity contribution in [1.29, 1.82) is 0 Å². The monoisotopic (exact) mass is 529 g/mol. The highest BCUT2D eigenvalue weighted by Crippen LogP contribution is 2.15. The zero-order chi connectivity index (χ0) is 21.2. The lowest BCUT2D eigenvalue weighted by Crippen LogP contribution is -2.41. The van der Waals surface area contributed by atoms with E-state index in [0.717, 1.165) is 38.4 Å². The number of halogens is 1. The van der Waals surface area contributed by atoms with Crippen LogP contribution < -0.4 is 10.6 Å². The first-order valence-corrected chi connectivity index (χ1v) is 11.0. The molecule has 0 bridgehead atoms. The van der Waals surface area contributed by atoms with Crippen molar-refractivity contribution in [3.63, 3.8) is 0 Å². The maximum Gasteiger partial charge on any atom is 0.222 e. The highest BCUT2D eigenvalue weighted by atomic mass is 127. The van der Waals surface area contributed by atoms with Gasteiger partial charge in [0.15, 0.2) is 5.96 Å². The predicted octanol–water partition coefficient (Wildman–Crippen LogP) is 3.60. The fraction of sp³-hybridized carbons (Fsp3) is 0.652. The van der Waals surface area contributed by atoms with Gasteiger partial charge in [-0.1, -0.05) is 24.3 Å². The Balaban J connectivity index is 0.00000450. The molecule has 1 aliphatic heterocycles. The van der Waals surface area contributed by atoms with Crippen LogP contribution in [0, 0.1) is 0 Å². The Bertz CT molecular complexity index is 669. The zero-order valence-corrected chi connectivity index (χ0v) is 21.6. The molecule has 0 atom stereocenters. The molecule has 0 aromatic heterocycles. The van der Waals surface area contributed by atoms with Gasteiger partial charge in [0, 0.05) is 58.3 Å². The van der Waals surface area contributed by atoms with Gasteiger partial charge in [0.25, 0.3) is 0 Å². The van der Waals surface area contributed by atoms with Crippen LogP contribution in [-0.4, -0.2) is 60.4 Å². The van der Waals surface area contributed by atoms with Gasteiger partial charge < -0.3 is 15.5 Å². The van der Waals surface area contributed by atoms with Crippen molar-refractivity contribution in [3.05, 3.63) is 35.4 Å². The van der Waals surface area contributed by atoms with Gasteiger partial charge in [0.05, 0.1) is 0 Å². The van der Waals surface area contributed by atoms with E-state index in [9.17, 15) is 4.79 Å². The summed E-state index contributed by atoms with van der Waals surface area (Å²) in [6, 6.07) is 9.58. The minimum Gasteiger partial charge on any atom is -0.356 e. The molecule has 0 spiro atoms. The van der Waals surface area contributed by atoms with Gasteiger partial charge in [-0.25, -0.2) is 0 Å². The first-order chi connectivity index (χ1) is 13.9. The summed E-state index contributed by atoms with van der Waals surface area (Å²) >= 11 is 0. The molecule has 7 heteroatoms. The second-order valence-corrected chi connectivity index (χ2v) is 8.37. The Morgan fingerprint density at radius 1 is 1.17 bits per heavy atom. The Hall–Kier alpha value is -1.35. The van der Waals surface area contributed by atoms with Crippen LogP contribution in [0.4, 0.5) is 0 Å². The Morgan fingerprint density at radius 2 is 1.87 bits per heavy atom. The normalized spacial score (nSPS) is 14.6. The number of rotatable bonds is 10. The first kappa shape index (κ1) is 26.7. The van der Waals surface area contributed by atoms with E-state index in [1.807, 2.05) is 4.90 Å². The summed E-state index contributed by atoms with van der Waals surface area (Å²) in [5.41, 5.74) is 2.38. The van der Waals surface area contributed by atoms with E-state index in [0.29, 0.717) is 31.6 Å². The number of nitrogens with zero attached hydrogens (tertiary/aromatic N) is 3. The highest BCUT2D eigenvalue weighted by Gasteiger charge is 2.19. The Labute approximate surface area is 199 Å². The molecular weight excluding hydrogens is 489 g/mol. The minimum absolute atomic E-state index is 0. The topological polar surface area (TPSA) is 60.0 Å². The van der Waals surface area contributed by atoms with Crippen molar-refractivity contribution in [2.24, 2.45) is 4.99 Å². The minimum atomic E-state index is 0. The molecule has 1 saturated heterocycles. The maximum absolute atomic E-state index is 11.8. The van der Waals surface area contributed by atoms with Gasteiger partial charge in [-0.3, -0.25) is 14.7 Å². The van der Waals surface area contributed by atoms with Crippen molar-refractivity contribution < 1.29 is 4.79 Å². The standard InChI is InChI=1S/C23H39N5O.HI/c1-18(2)28(19(3)4)14-8-12-25-23(24-5)26-16-20-9-6-10-21(15-20)17-27-13-7-11-22(27)29;/h6,9-10,15,18-19H,7-8,11-14,16-17H2,1-5H3,(H2,24,25,26);1H. The number of guanidine groups is 1. The lowest BCUT2D eigenvalue weighted by Gasteiger charge is -2.30. The maximum atomic E-state index is 11.8. The molecule has 0 radical (unpaired) electrons. The SMILES string of the molecule is CN=C(NCCCN(C(C)C)C(C)C)NCc1cccc(CN2CCCC2=O)c1.I. The molecular formula is C23H40IN5O. The summed E-state index contributed by atoms with van der Waals surface area (Å²) in [5.74, 6) is 1.09. The van der Waals surface area contributed by atoms with E-state index < -0.39 is 0 Å². The van der Waals surface area contributed by atoms with E-state index >= 15 is 0 Å². The third-order valence-corrected chi connectivity index (χ3v) is 5.43. The zero-order valence-electron chi connectivity index (χ0n) is 19.3. The molecule has 30 heavy (non-hydrogen) atoms. The lowest BCUT2D eigenvalue weighted by atomic mass is 10.1. The summed E-state index contributed by atoms with van der Waals surface area (Å²) in [4.78, 5) is 20.6. The fourth-order valence-electron chi connectivity index (χ4n) is 3.92. The van der Waals surface area contributed by atoms with E-state index in [2.05, 4.69) is 72.5 Å². The molecule has 6 nitrogen and oxygen atoms in total. The summed E-state index contributed by atoms with van der Waals surface area (Å²) in [6.45, 7) is 13.3. The highest BCUT2D eigenvalue weighted by molar-refractivity contribution is 14.0. The van der Waals surface area contributed by atoms with Crippen LogP contribution in [0.1, 0.15) is 58.1 Å². The van der Waals surface area contributed by atoms with Crippen LogP contribution in [0.25, 0.3) is 0 Å². The largest absolute Gasteiger partial charge is 0.356 e. The van der Waals surface area contributed by atoms with Gasteiger partial charge in [-0.05, 0) is 51.7 Å². The summed E-state index contributed by atoms with van der Waals surface area (Å²) in [7, 11) is 1.80. The molecule has 1 fully saturated rings. The van der Waals surface area contributed by atoms with Gasteiger partial charge in [-0.2, -0.15) is 0 Å². The van der Waals surface area contributed by atoms with Crippen LogP contribution in [0.15, 0.2) is 29.3 Å². The van der Waals surface area contributed by atoms with Gasteiger partial charge in [0.2, 0.25) is 5.91 Å². The van der Waals surface area contributed by atoms with Crippen molar-refractivity contribution in [2.75, 3.05) is 26.7 Å². The number of amides is 1. The molecule has 1 heterocycles. The number of hydrogen-bond donors (Lipinski definition) is 2. The smallest absolute Gasteiger partial charge is 0.222 e. The van der Waals surface area contributed by atoms with Crippen LogP contribution in [0.3, 0.4) is 0 Å². The number of hydrogen-bond acceptors (Lipinski definition) is 3. The van der Waals surface area contributed by atoms with Gasteiger partial charge in [-0.15, -0.1) is 24.0 Å². The average molecular weight is 530 g/mol. The molecule has 1 aliphatic rings. The number of benzene rings is 1. The number of aliphatic imine (C=N–C) groups is 1. The summed E-state index contributed by atoms with van der Waals surface area (Å²) < 4.78 is 0. The number of nitrogens with one attached hydrogen (secondary N) is 2. The van der Waals surface area contributed by atoms with Crippen molar-refractivity contribution in [1.82, 2.24) is 20.4 Å². The van der Waals surface area contributed by atoms with Crippen LogP contribution in [-0.2, 0) is 17.9 Å². The molecule has 1 aromatic carbocycles. The second kappa shape index (κ2) is 13.9. The van der Waals surface area contributed by atoms with E-state index in [-0.39, 0.29) is 29.9 Å². The number of likely N-dealkylation sites (tertiary alicyclic amines) is 1. The average Bonchev–Trinajstić information content (AvgIpc) is 3.08. The molecule has 1 amide bonds. The number of carbonyl (C=O) groups excluding carboxylic acids is 1. The molecule has 0 saturated carbocycles. The van der Waals surface area contributed by atoms with Crippen molar-refractivity contribution >= 4 is 35.8 Å². The molecule has 1 aromatic rings. The third kappa shape index (κ3) is 8.79. The molecule has 2 rings (SSSR count). The second-order valence-electron chi connectivity index (χ2n) is 8.37. The molecule has 170 valence electrons. The predicted molar refractivity (Wildman–Crippen MR) is 136 cm³/mol. The Morgan fingerprint density at radius 3 is 2.47 bits per heavy atom. The third-order valence-electron chi connectivity index (χ3n) is 5.43. The van der Waals surface area contributed by atoms with Gasteiger partial charge in [0.1, 0.15) is 0 Å². The van der Waals surface area contributed by atoms with Crippen molar-refractivity contribution in [2.45, 2.75) is 72.1 Å². The van der Waals surface area contributed by atoms with E-state index in [1.54, 1.807) is 7.05 Å². The van der Waals surface area contributed by atoms with Crippen LogP contribution in [0.2, 0.25) is 0 Å². The molecule has 0 aliphatic carbocycles. The summed E-state index contributed by atoms with van der Waals surface area (Å²) in [5, 5.41) is 6.81. The Kier molecular flexibility index (Phi) is 12.3. The lowest BCUT2D eigenvalue weighted by molar-refractivity contribution is -0.128. The first-order valence-electron chi connectivity index (χ1n) is 11.0. The van der Waals surface area contributed by atoms with E-state index in [4.69, 9.17) is 0 Å².